The molecule has 45 heavy (non-hydrogen) atoms. The fraction of sp³-hybridized carbons (Fsp3) is 1.00. The third-order valence-electron chi connectivity index (χ3n) is 7.37. The summed E-state index contributed by atoms with van der Waals surface area (Å²) in [7, 11) is 3.47. The van der Waals surface area contributed by atoms with Crippen LogP contribution in [0.25, 0.3) is 0 Å². The van der Waals surface area contributed by atoms with Crippen molar-refractivity contribution in [1.29, 1.82) is 0 Å². The highest BCUT2D eigenvalue weighted by atomic mass is 19.4. The predicted molar refractivity (Wildman–Crippen MR) is 132 cm³/mol. The minimum atomic E-state index is -8.60. The van der Waals surface area contributed by atoms with Gasteiger partial charge in [0.2, 0.25) is 0 Å². The summed E-state index contributed by atoms with van der Waals surface area (Å²) in [4.78, 5) is 0. The van der Waals surface area contributed by atoms with Crippen LogP contribution in [-0.2, 0) is 0 Å². The lowest BCUT2D eigenvalue weighted by Crippen LogP contribution is -2.75. The van der Waals surface area contributed by atoms with Crippen LogP contribution in [0, 0.1) is 0 Å². The Balaban J connectivity index is 5.15. The maximum atomic E-state index is 14.0. The molecule has 0 amide bonds. The molecule has 0 aromatic heterocycles. The topological polar surface area (TPSA) is 12.0 Å². The second-order valence-electron chi connectivity index (χ2n) is 11.7. The molecule has 0 unspecified atom stereocenters. The molecule has 0 aromatic carbocycles. The summed E-state index contributed by atoms with van der Waals surface area (Å²) in [5.41, 5.74) is 0. The lowest BCUT2D eigenvalue weighted by atomic mass is 9.89. The largest absolute Gasteiger partial charge is 0.460 e. The number of halogens is 17. The van der Waals surface area contributed by atoms with Gasteiger partial charge in [0.05, 0.1) is 33.7 Å². The monoisotopic (exact) mass is 703 g/mol. The number of hydrogen-bond acceptors (Lipinski definition) is 1. The van der Waals surface area contributed by atoms with Crippen molar-refractivity contribution in [2.75, 3.05) is 40.3 Å². The van der Waals surface area contributed by atoms with Crippen LogP contribution >= 0.6 is 0 Å². The normalized spacial score (nSPS) is 15.2. The first-order valence-corrected chi connectivity index (χ1v) is 14.3. The van der Waals surface area contributed by atoms with Gasteiger partial charge in [-0.25, -0.2) is 0 Å². The fourth-order valence-corrected chi connectivity index (χ4v) is 4.32. The molecule has 19 heteroatoms. The summed E-state index contributed by atoms with van der Waals surface area (Å²) >= 11 is 0. The second kappa shape index (κ2) is 15.8. The maximum absolute atomic E-state index is 14.0. The summed E-state index contributed by atoms with van der Waals surface area (Å²) in [6, 6.07) is 0. The molecular formula is C26H40F17N2+. The smallest absolute Gasteiger partial charge is 0.328 e. The lowest BCUT2D eigenvalue weighted by Gasteiger charge is -2.42. The van der Waals surface area contributed by atoms with Crippen molar-refractivity contribution >= 4 is 0 Å². The Labute approximate surface area is 250 Å². The molecule has 0 radical (unpaired) electrons. The highest BCUT2D eigenvalue weighted by Gasteiger charge is 2.95. The standard InChI is InChI=1S/C26H40F17N2/c1-4-5-6-7-8-9-10-11-12-13-16-45(2,3)17-14-15-44-18-19(27,28)20(29,30)21(31,32)22(33,34)23(35,36)24(37,38)25(39,40)26(41,42)43/h44H,4-18H2,1-3H3/q+1. The van der Waals surface area contributed by atoms with Crippen molar-refractivity contribution in [3.63, 3.8) is 0 Å². The molecule has 0 heterocycles. The first kappa shape index (κ1) is 43.7. The lowest BCUT2D eigenvalue weighted by molar-refractivity contribution is -0.890. The Bertz CT molecular complexity index is 870. The molecule has 2 nitrogen and oxygen atoms in total. The van der Waals surface area contributed by atoms with Crippen LogP contribution in [0.5, 0.6) is 0 Å². The van der Waals surface area contributed by atoms with Crippen LogP contribution in [0.4, 0.5) is 74.6 Å². The molecule has 0 saturated carbocycles. The average molecular weight is 704 g/mol. The highest BCUT2D eigenvalue weighted by molar-refractivity contribution is 5.15. The highest BCUT2D eigenvalue weighted by Crippen LogP contribution is 2.63. The number of quaternary nitrogens is 1. The average Bonchev–Trinajstić information content (AvgIpc) is 2.88. The molecule has 0 aliphatic carbocycles. The van der Waals surface area contributed by atoms with Crippen LogP contribution in [0.1, 0.15) is 77.6 Å². The van der Waals surface area contributed by atoms with E-state index in [-0.39, 0.29) is 13.0 Å². The third-order valence-corrected chi connectivity index (χ3v) is 7.37. The Morgan fingerprint density at radius 3 is 1.16 bits per heavy atom. The van der Waals surface area contributed by atoms with Crippen molar-refractivity contribution in [1.82, 2.24) is 5.32 Å². The zero-order valence-electron chi connectivity index (χ0n) is 25.0. The summed E-state index contributed by atoms with van der Waals surface area (Å²) in [5, 5.41) is 1.53. The van der Waals surface area contributed by atoms with E-state index in [0.29, 0.717) is 11.0 Å². The van der Waals surface area contributed by atoms with E-state index in [1.807, 2.05) is 0 Å². The van der Waals surface area contributed by atoms with Gasteiger partial charge in [0.25, 0.3) is 0 Å². The zero-order chi connectivity index (χ0) is 35.8. The molecule has 0 aromatic rings. The minimum absolute atomic E-state index is 0.0736. The van der Waals surface area contributed by atoms with E-state index in [1.54, 1.807) is 14.1 Å². The van der Waals surface area contributed by atoms with E-state index in [0.717, 1.165) is 44.9 Å². The maximum Gasteiger partial charge on any atom is 0.460 e. The summed E-state index contributed by atoms with van der Waals surface area (Å²) < 4.78 is 227. The van der Waals surface area contributed by atoms with Crippen LogP contribution in [-0.4, -0.2) is 92.4 Å². The molecule has 0 rings (SSSR count). The molecule has 272 valence electrons. The Kier molecular flexibility index (Phi) is 15.3. The van der Waals surface area contributed by atoms with E-state index in [9.17, 15) is 74.6 Å². The van der Waals surface area contributed by atoms with Crippen LogP contribution in [0.3, 0.4) is 0 Å². The molecule has 0 fully saturated rings. The van der Waals surface area contributed by atoms with E-state index < -0.39 is 60.7 Å². The number of hydrogen-bond donors (Lipinski definition) is 1. The van der Waals surface area contributed by atoms with Gasteiger partial charge in [0.15, 0.2) is 0 Å². The van der Waals surface area contributed by atoms with Gasteiger partial charge < -0.3 is 9.80 Å². The number of nitrogens with zero attached hydrogens (tertiary/aromatic N) is 1. The van der Waals surface area contributed by atoms with Crippen molar-refractivity contribution in [3.05, 3.63) is 0 Å². The van der Waals surface area contributed by atoms with Gasteiger partial charge in [0, 0.05) is 13.0 Å². The summed E-state index contributed by atoms with van der Waals surface area (Å²) in [5.74, 6) is -56.1. The van der Waals surface area contributed by atoms with E-state index in [1.165, 1.54) is 24.6 Å². The Hall–Kier alpha value is -1.27. The SMILES string of the molecule is CCCCCCCCCCCC[N+](C)(C)CCCNCC(F)(F)C(F)(F)C(F)(F)C(F)(F)C(F)(F)C(F)(F)C(F)(F)C(F)(F)F. The number of unbranched alkanes of at least 4 members (excludes halogenated alkanes) is 9. The molecule has 0 saturated heterocycles. The van der Waals surface area contributed by atoms with Crippen LogP contribution < -0.4 is 5.32 Å². The third kappa shape index (κ3) is 9.87. The van der Waals surface area contributed by atoms with Crippen LogP contribution in [0.15, 0.2) is 0 Å². The molecule has 0 bridgehead atoms. The second-order valence-corrected chi connectivity index (χ2v) is 11.7. The van der Waals surface area contributed by atoms with Gasteiger partial charge in [-0.1, -0.05) is 58.3 Å². The molecule has 0 aliphatic heterocycles. The first-order chi connectivity index (χ1) is 20.0. The van der Waals surface area contributed by atoms with Gasteiger partial charge >= 0.3 is 47.6 Å². The first-order valence-electron chi connectivity index (χ1n) is 14.3. The fourth-order valence-electron chi connectivity index (χ4n) is 4.32. The van der Waals surface area contributed by atoms with Crippen molar-refractivity contribution in [2.24, 2.45) is 0 Å². The van der Waals surface area contributed by atoms with Gasteiger partial charge in [-0.3, -0.25) is 0 Å². The molecule has 0 atom stereocenters. The quantitative estimate of drug-likeness (QED) is 0.0635. The molecule has 1 N–H and O–H groups in total. The van der Waals surface area contributed by atoms with Crippen molar-refractivity contribution in [2.45, 2.75) is 125 Å². The minimum Gasteiger partial charge on any atom is -0.328 e. The summed E-state index contributed by atoms with van der Waals surface area (Å²) in [6.45, 7) is -0.281. The molecular weight excluding hydrogens is 663 g/mol. The van der Waals surface area contributed by atoms with Crippen molar-refractivity contribution < 1.29 is 79.1 Å². The van der Waals surface area contributed by atoms with Gasteiger partial charge in [-0.05, 0) is 12.8 Å². The van der Waals surface area contributed by atoms with Gasteiger partial charge in [-0.2, -0.15) is 74.6 Å². The van der Waals surface area contributed by atoms with Crippen molar-refractivity contribution in [3.8, 4) is 0 Å². The number of rotatable bonds is 23. The zero-order valence-corrected chi connectivity index (χ0v) is 25.0. The van der Waals surface area contributed by atoms with E-state index in [4.69, 9.17) is 0 Å². The van der Waals surface area contributed by atoms with Crippen LogP contribution in [0.2, 0.25) is 0 Å². The van der Waals surface area contributed by atoms with E-state index in [2.05, 4.69) is 6.92 Å². The molecule has 0 aliphatic rings. The van der Waals surface area contributed by atoms with E-state index >= 15 is 0 Å². The number of nitrogens with one attached hydrogen (secondary N) is 1. The number of alkyl halides is 17. The van der Waals surface area contributed by atoms with Gasteiger partial charge in [-0.15, -0.1) is 0 Å². The summed E-state index contributed by atoms with van der Waals surface area (Å²) in [6.07, 6.45) is 2.82. The predicted octanol–water partition coefficient (Wildman–Crippen LogP) is 9.97. The van der Waals surface area contributed by atoms with Gasteiger partial charge in [0.1, 0.15) is 0 Å². The Morgan fingerprint density at radius 2 is 0.756 bits per heavy atom. The molecule has 0 spiro atoms. The Morgan fingerprint density at radius 1 is 0.422 bits per heavy atom.